The number of amides is 3. The molecule has 0 radical (unpaired) electrons. The van der Waals surface area contributed by atoms with Gasteiger partial charge in [-0.05, 0) is 76.1 Å². The highest BCUT2D eigenvalue weighted by Gasteiger charge is 2.24. The average Bonchev–Trinajstić information content (AvgIpc) is 3.09. The number of hydrogen-bond acceptors (Lipinski definition) is 6. The van der Waals surface area contributed by atoms with Crippen LogP contribution in [0.2, 0.25) is 0 Å². The standard InChI is InChI=1S/C36H27BrN4O5S/c37-29-19-8-9-20-30(29)39-36(44)33(24-12-3-1-4-13-24)47-28-18-11-17-27(23-28)38-35(43)31(40-34(42)25-14-5-2-6-15-25)22-26-16-7-10-21-32(26)41(45)46/h1-23,33H,(H,38,43)(H,39,44)(H,40,42)/b31-22+. The molecule has 3 amide bonds. The number of para-hydroxylation sites is 2. The van der Waals surface area contributed by atoms with Crippen LogP contribution in [-0.4, -0.2) is 22.6 Å². The van der Waals surface area contributed by atoms with E-state index in [4.69, 9.17) is 0 Å². The monoisotopic (exact) mass is 706 g/mol. The zero-order chi connectivity index (χ0) is 33.2. The molecule has 0 heterocycles. The Morgan fingerprint density at radius 3 is 2.15 bits per heavy atom. The van der Waals surface area contributed by atoms with Gasteiger partial charge in [0.25, 0.3) is 17.5 Å². The van der Waals surface area contributed by atoms with Gasteiger partial charge >= 0.3 is 0 Å². The molecule has 0 bridgehead atoms. The third-order valence-corrected chi connectivity index (χ3v) is 8.72. The van der Waals surface area contributed by atoms with E-state index in [1.807, 2.05) is 54.6 Å². The molecule has 1 unspecified atom stereocenters. The minimum absolute atomic E-state index is 0.141. The molecule has 0 aliphatic carbocycles. The normalized spacial score (nSPS) is 11.6. The lowest BCUT2D eigenvalue weighted by molar-refractivity contribution is -0.385. The van der Waals surface area contributed by atoms with Crippen LogP contribution in [0.25, 0.3) is 6.08 Å². The van der Waals surface area contributed by atoms with Gasteiger partial charge in [-0.15, -0.1) is 11.8 Å². The van der Waals surface area contributed by atoms with Crippen molar-refractivity contribution in [3.63, 3.8) is 0 Å². The number of thioether (sulfide) groups is 1. The summed E-state index contributed by atoms with van der Waals surface area (Å²) in [6, 6.07) is 37.8. The summed E-state index contributed by atoms with van der Waals surface area (Å²) in [6.07, 6.45) is 1.27. The van der Waals surface area contributed by atoms with Crippen LogP contribution < -0.4 is 16.0 Å². The number of nitro groups is 1. The quantitative estimate of drug-likeness (QED) is 0.0549. The van der Waals surface area contributed by atoms with E-state index in [1.54, 1.807) is 60.7 Å². The topological polar surface area (TPSA) is 130 Å². The Hall–Kier alpha value is -5.52. The summed E-state index contributed by atoms with van der Waals surface area (Å²) < 4.78 is 0.749. The summed E-state index contributed by atoms with van der Waals surface area (Å²) in [5.74, 6) is -1.49. The first kappa shape index (κ1) is 32.9. The summed E-state index contributed by atoms with van der Waals surface area (Å²) in [5.41, 5.74) is 1.84. The first-order valence-corrected chi connectivity index (χ1v) is 16.0. The van der Waals surface area contributed by atoms with Crippen molar-refractivity contribution >= 4 is 68.6 Å². The summed E-state index contributed by atoms with van der Waals surface area (Å²) in [6.45, 7) is 0. The zero-order valence-electron chi connectivity index (χ0n) is 24.6. The van der Waals surface area contributed by atoms with Gasteiger partial charge in [0.05, 0.1) is 16.2 Å². The largest absolute Gasteiger partial charge is 0.324 e. The lowest BCUT2D eigenvalue weighted by atomic mass is 10.1. The van der Waals surface area contributed by atoms with E-state index in [1.165, 1.54) is 36.0 Å². The highest BCUT2D eigenvalue weighted by Crippen LogP contribution is 2.38. The number of halogens is 1. The molecule has 0 aliphatic rings. The highest BCUT2D eigenvalue weighted by atomic mass is 79.9. The van der Waals surface area contributed by atoms with Crippen molar-refractivity contribution < 1.29 is 19.3 Å². The second-order valence-electron chi connectivity index (χ2n) is 10.1. The number of anilines is 2. The van der Waals surface area contributed by atoms with Gasteiger partial charge in [0.1, 0.15) is 10.9 Å². The van der Waals surface area contributed by atoms with Gasteiger partial charge in [0.15, 0.2) is 0 Å². The van der Waals surface area contributed by atoms with Gasteiger partial charge in [0, 0.05) is 26.7 Å². The smallest absolute Gasteiger partial charge is 0.276 e. The Morgan fingerprint density at radius 1 is 0.766 bits per heavy atom. The lowest BCUT2D eigenvalue weighted by Gasteiger charge is -2.18. The van der Waals surface area contributed by atoms with E-state index in [0.717, 1.165) is 10.0 Å². The molecule has 9 nitrogen and oxygen atoms in total. The van der Waals surface area contributed by atoms with Crippen molar-refractivity contribution in [2.24, 2.45) is 0 Å². The predicted molar refractivity (Wildman–Crippen MR) is 188 cm³/mol. The Labute approximate surface area is 283 Å². The van der Waals surface area contributed by atoms with Crippen LogP contribution in [0, 0.1) is 10.1 Å². The Kier molecular flexibility index (Phi) is 10.9. The Bertz CT molecular complexity index is 1950. The summed E-state index contributed by atoms with van der Waals surface area (Å²) >= 11 is 4.78. The van der Waals surface area contributed by atoms with Gasteiger partial charge in [-0.1, -0.05) is 78.9 Å². The number of carbonyl (C=O) groups is 3. The van der Waals surface area contributed by atoms with Gasteiger partial charge in [0.2, 0.25) is 5.91 Å². The molecule has 1 atom stereocenters. The number of nitro benzene ring substituents is 1. The molecule has 0 saturated heterocycles. The molecule has 11 heteroatoms. The maximum Gasteiger partial charge on any atom is 0.276 e. The molecule has 0 saturated carbocycles. The highest BCUT2D eigenvalue weighted by molar-refractivity contribution is 9.10. The molecule has 0 fully saturated rings. The van der Waals surface area contributed by atoms with Crippen molar-refractivity contribution in [3.05, 3.63) is 170 Å². The molecule has 5 aromatic rings. The molecule has 3 N–H and O–H groups in total. The maximum atomic E-state index is 13.6. The summed E-state index contributed by atoms with van der Waals surface area (Å²) in [7, 11) is 0. The van der Waals surface area contributed by atoms with Crippen LogP contribution in [0.1, 0.15) is 26.7 Å². The van der Waals surface area contributed by atoms with Crippen LogP contribution in [-0.2, 0) is 9.59 Å². The minimum Gasteiger partial charge on any atom is -0.324 e. The van der Waals surface area contributed by atoms with E-state index < -0.39 is 22.0 Å². The van der Waals surface area contributed by atoms with Crippen LogP contribution in [0.5, 0.6) is 0 Å². The van der Waals surface area contributed by atoms with E-state index in [9.17, 15) is 24.5 Å². The van der Waals surface area contributed by atoms with Crippen molar-refractivity contribution in [1.82, 2.24) is 5.32 Å². The Balaban J connectivity index is 1.41. The van der Waals surface area contributed by atoms with Crippen molar-refractivity contribution in [3.8, 4) is 0 Å². The lowest BCUT2D eigenvalue weighted by Crippen LogP contribution is -2.30. The summed E-state index contributed by atoms with van der Waals surface area (Å²) in [5, 5.41) is 19.4. The summed E-state index contributed by atoms with van der Waals surface area (Å²) in [4.78, 5) is 52.0. The van der Waals surface area contributed by atoms with Crippen LogP contribution in [0.15, 0.2) is 149 Å². The molecule has 234 valence electrons. The number of benzene rings is 5. The number of carbonyl (C=O) groups excluding carboxylic acids is 3. The molecule has 47 heavy (non-hydrogen) atoms. The van der Waals surface area contributed by atoms with E-state index in [0.29, 0.717) is 21.8 Å². The molecular formula is C36H27BrN4O5S. The first-order chi connectivity index (χ1) is 22.8. The van der Waals surface area contributed by atoms with E-state index in [2.05, 4.69) is 31.9 Å². The molecule has 5 aromatic carbocycles. The van der Waals surface area contributed by atoms with Crippen LogP contribution >= 0.6 is 27.7 Å². The number of hydrogen-bond donors (Lipinski definition) is 3. The molecule has 0 aliphatic heterocycles. The van der Waals surface area contributed by atoms with Crippen LogP contribution in [0.3, 0.4) is 0 Å². The van der Waals surface area contributed by atoms with Crippen LogP contribution in [0.4, 0.5) is 17.1 Å². The molecular weight excluding hydrogens is 680 g/mol. The number of nitrogens with zero attached hydrogens (tertiary/aromatic N) is 1. The van der Waals surface area contributed by atoms with E-state index >= 15 is 0 Å². The second kappa shape index (κ2) is 15.7. The van der Waals surface area contributed by atoms with Crippen molar-refractivity contribution in [2.45, 2.75) is 10.1 Å². The number of rotatable bonds is 11. The van der Waals surface area contributed by atoms with Crippen molar-refractivity contribution in [1.29, 1.82) is 0 Å². The molecule has 5 rings (SSSR count). The first-order valence-electron chi connectivity index (χ1n) is 14.3. The minimum atomic E-state index is -0.694. The third kappa shape index (κ3) is 8.81. The number of nitrogens with one attached hydrogen (secondary N) is 3. The van der Waals surface area contributed by atoms with E-state index in [-0.39, 0.29) is 22.9 Å². The fourth-order valence-corrected chi connectivity index (χ4v) is 5.98. The molecule has 0 aromatic heterocycles. The van der Waals surface area contributed by atoms with Gasteiger partial charge in [-0.3, -0.25) is 24.5 Å². The second-order valence-corrected chi connectivity index (χ2v) is 12.1. The van der Waals surface area contributed by atoms with Crippen molar-refractivity contribution in [2.75, 3.05) is 10.6 Å². The fourth-order valence-electron chi connectivity index (χ4n) is 4.52. The fraction of sp³-hybridized carbons (Fsp3) is 0.0278. The predicted octanol–water partition coefficient (Wildman–Crippen LogP) is 8.24. The third-order valence-electron chi connectivity index (χ3n) is 6.78. The maximum absolute atomic E-state index is 13.6. The Morgan fingerprint density at radius 2 is 1.43 bits per heavy atom. The zero-order valence-corrected chi connectivity index (χ0v) is 27.0. The average molecular weight is 708 g/mol. The molecule has 0 spiro atoms. The van der Waals surface area contributed by atoms with Gasteiger partial charge < -0.3 is 16.0 Å². The van der Waals surface area contributed by atoms with Gasteiger partial charge in [-0.2, -0.15) is 0 Å². The SMILES string of the molecule is O=C(Nc1cccc(SC(C(=O)Nc2ccccc2Br)c2ccccc2)c1)/C(=C\c1ccccc1[N+](=O)[O-])NC(=O)c1ccccc1. The van der Waals surface area contributed by atoms with Gasteiger partial charge in [-0.25, -0.2) is 0 Å².